The summed E-state index contributed by atoms with van der Waals surface area (Å²) in [5, 5.41) is 7.99. The molecule has 0 aliphatic carbocycles. The number of benzene rings is 1. The summed E-state index contributed by atoms with van der Waals surface area (Å²) in [5.41, 5.74) is 1.85. The van der Waals surface area contributed by atoms with E-state index in [1.165, 1.54) is 0 Å². The molecule has 0 unspecified atom stereocenters. The van der Waals surface area contributed by atoms with E-state index in [0.29, 0.717) is 5.92 Å². The molecule has 0 aliphatic rings. The van der Waals surface area contributed by atoms with E-state index in [0.717, 1.165) is 24.1 Å². The summed E-state index contributed by atoms with van der Waals surface area (Å²) in [4.78, 5) is 0. The van der Waals surface area contributed by atoms with Crippen molar-refractivity contribution in [2.75, 3.05) is 0 Å². The maximum absolute atomic E-state index is 7.99. The maximum Gasteiger partial charge on any atom is 0.0416 e. The van der Waals surface area contributed by atoms with Gasteiger partial charge in [0.25, 0.3) is 0 Å². The molecular formula is C12H17N. The van der Waals surface area contributed by atoms with E-state index < -0.39 is 0 Å². The van der Waals surface area contributed by atoms with Gasteiger partial charge in [-0.2, -0.15) is 0 Å². The molecule has 1 rings (SSSR count). The highest BCUT2D eigenvalue weighted by atomic mass is 14.4. The van der Waals surface area contributed by atoms with Crippen molar-refractivity contribution in [2.45, 2.75) is 26.7 Å². The summed E-state index contributed by atoms with van der Waals surface area (Å²) >= 11 is 0. The molecule has 0 fully saturated rings. The van der Waals surface area contributed by atoms with E-state index in [1.807, 2.05) is 30.3 Å². The standard InChI is InChI=1S/C12H17N/c1-3-10(4-2)12(13)11-8-6-5-7-9-11/h5-10,13H,3-4H2,1-2H3. The molecule has 0 aromatic heterocycles. The van der Waals surface area contributed by atoms with Gasteiger partial charge in [0, 0.05) is 11.6 Å². The molecule has 0 saturated carbocycles. The van der Waals surface area contributed by atoms with Crippen LogP contribution < -0.4 is 0 Å². The summed E-state index contributed by atoms with van der Waals surface area (Å²) in [6, 6.07) is 10.0. The van der Waals surface area contributed by atoms with Crippen LogP contribution in [0.15, 0.2) is 30.3 Å². The molecule has 70 valence electrons. The minimum atomic E-state index is 0.419. The second-order valence-electron chi connectivity index (χ2n) is 3.29. The highest BCUT2D eigenvalue weighted by Gasteiger charge is 2.11. The number of rotatable bonds is 4. The molecule has 0 saturated heterocycles. The number of nitrogens with one attached hydrogen (secondary N) is 1. The largest absolute Gasteiger partial charge is 0.304 e. The van der Waals surface area contributed by atoms with Crippen molar-refractivity contribution in [1.82, 2.24) is 0 Å². The van der Waals surface area contributed by atoms with Crippen LogP contribution in [0.4, 0.5) is 0 Å². The predicted octanol–water partition coefficient (Wildman–Crippen LogP) is 3.49. The van der Waals surface area contributed by atoms with E-state index in [4.69, 9.17) is 5.41 Å². The molecular weight excluding hydrogens is 158 g/mol. The Morgan fingerprint density at radius 1 is 1.15 bits per heavy atom. The molecule has 0 amide bonds. The fourth-order valence-electron chi connectivity index (χ4n) is 1.55. The Hall–Kier alpha value is -1.11. The summed E-state index contributed by atoms with van der Waals surface area (Å²) in [6.45, 7) is 4.29. The Morgan fingerprint density at radius 3 is 2.15 bits per heavy atom. The van der Waals surface area contributed by atoms with Gasteiger partial charge in [0.1, 0.15) is 0 Å². The predicted molar refractivity (Wildman–Crippen MR) is 57.3 cm³/mol. The second-order valence-corrected chi connectivity index (χ2v) is 3.29. The van der Waals surface area contributed by atoms with E-state index in [-0.39, 0.29) is 0 Å². The van der Waals surface area contributed by atoms with Crippen molar-refractivity contribution in [2.24, 2.45) is 5.92 Å². The first-order valence-corrected chi connectivity index (χ1v) is 4.93. The molecule has 1 heteroatoms. The van der Waals surface area contributed by atoms with Crippen LogP contribution in [-0.2, 0) is 0 Å². The molecule has 1 aromatic carbocycles. The van der Waals surface area contributed by atoms with Gasteiger partial charge in [-0.3, -0.25) is 0 Å². The normalized spacial score (nSPS) is 10.4. The molecule has 0 radical (unpaired) electrons. The van der Waals surface area contributed by atoms with Crippen molar-refractivity contribution in [3.8, 4) is 0 Å². The summed E-state index contributed by atoms with van der Waals surface area (Å²) in [7, 11) is 0. The van der Waals surface area contributed by atoms with Crippen molar-refractivity contribution in [3.05, 3.63) is 35.9 Å². The third-order valence-corrected chi connectivity index (χ3v) is 2.48. The lowest BCUT2D eigenvalue weighted by Crippen LogP contribution is -2.12. The average molecular weight is 175 g/mol. The Kier molecular flexibility index (Phi) is 3.69. The van der Waals surface area contributed by atoms with Crippen molar-refractivity contribution in [3.63, 3.8) is 0 Å². The molecule has 0 atom stereocenters. The first-order valence-electron chi connectivity index (χ1n) is 4.93. The topological polar surface area (TPSA) is 23.9 Å². The number of hydrogen-bond acceptors (Lipinski definition) is 1. The molecule has 0 heterocycles. The summed E-state index contributed by atoms with van der Waals surface area (Å²) in [6.07, 6.45) is 2.12. The van der Waals surface area contributed by atoms with E-state index in [9.17, 15) is 0 Å². The first-order chi connectivity index (χ1) is 6.29. The Labute approximate surface area is 80.3 Å². The summed E-state index contributed by atoms with van der Waals surface area (Å²) in [5.74, 6) is 0.419. The molecule has 0 bridgehead atoms. The van der Waals surface area contributed by atoms with Crippen LogP contribution in [-0.4, -0.2) is 5.71 Å². The minimum absolute atomic E-state index is 0.419. The highest BCUT2D eigenvalue weighted by Crippen LogP contribution is 2.14. The van der Waals surface area contributed by atoms with Crippen LogP contribution in [0.5, 0.6) is 0 Å². The molecule has 1 N–H and O–H groups in total. The Bertz CT molecular complexity index is 260. The van der Waals surface area contributed by atoms with Gasteiger partial charge in [-0.25, -0.2) is 0 Å². The molecule has 13 heavy (non-hydrogen) atoms. The van der Waals surface area contributed by atoms with Gasteiger partial charge in [0.2, 0.25) is 0 Å². The zero-order valence-electron chi connectivity index (χ0n) is 8.38. The van der Waals surface area contributed by atoms with Crippen molar-refractivity contribution in [1.29, 1.82) is 5.41 Å². The smallest absolute Gasteiger partial charge is 0.0416 e. The third kappa shape index (κ3) is 2.41. The van der Waals surface area contributed by atoms with Crippen LogP contribution in [0.3, 0.4) is 0 Å². The van der Waals surface area contributed by atoms with Crippen LogP contribution >= 0.6 is 0 Å². The SMILES string of the molecule is CCC(CC)C(=N)c1ccccc1. The van der Waals surface area contributed by atoms with Gasteiger partial charge < -0.3 is 5.41 Å². The molecule has 1 nitrogen and oxygen atoms in total. The van der Waals surface area contributed by atoms with Gasteiger partial charge in [-0.1, -0.05) is 44.2 Å². The van der Waals surface area contributed by atoms with Gasteiger partial charge in [0.05, 0.1) is 0 Å². The third-order valence-electron chi connectivity index (χ3n) is 2.48. The van der Waals surface area contributed by atoms with Crippen molar-refractivity contribution >= 4 is 5.71 Å². The minimum Gasteiger partial charge on any atom is -0.304 e. The van der Waals surface area contributed by atoms with Gasteiger partial charge in [-0.15, -0.1) is 0 Å². The molecule has 0 aliphatic heterocycles. The van der Waals surface area contributed by atoms with Gasteiger partial charge >= 0.3 is 0 Å². The van der Waals surface area contributed by atoms with Crippen LogP contribution in [0.2, 0.25) is 0 Å². The lowest BCUT2D eigenvalue weighted by Gasteiger charge is -2.13. The zero-order valence-corrected chi connectivity index (χ0v) is 8.38. The Morgan fingerprint density at radius 2 is 1.69 bits per heavy atom. The maximum atomic E-state index is 7.99. The molecule has 0 spiro atoms. The fraction of sp³-hybridized carbons (Fsp3) is 0.417. The fourth-order valence-corrected chi connectivity index (χ4v) is 1.55. The monoisotopic (exact) mass is 175 g/mol. The summed E-state index contributed by atoms with van der Waals surface area (Å²) < 4.78 is 0. The Balaban J connectivity index is 2.78. The van der Waals surface area contributed by atoms with Gasteiger partial charge in [0.15, 0.2) is 0 Å². The average Bonchev–Trinajstić information content (AvgIpc) is 2.21. The lowest BCUT2D eigenvalue weighted by molar-refractivity contribution is 0.640. The first kappa shape index (κ1) is 9.97. The van der Waals surface area contributed by atoms with Crippen LogP contribution in [0, 0.1) is 11.3 Å². The highest BCUT2D eigenvalue weighted by molar-refractivity contribution is 5.99. The molecule has 1 aromatic rings. The second kappa shape index (κ2) is 4.80. The van der Waals surface area contributed by atoms with E-state index >= 15 is 0 Å². The van der Waals surface area contributed by atoms with E-state index in [2.05, 4.69) is 13.8 Å². The van der Waals surface area contributed by atoms with Gasteiger partial charge in [-0.05, 0) is 18.4 Å². The van der Waals surface area contributed by atoms with Crippen LogP contribution in [0.1, 0.15) is 32.3 Å². The van der Waals surface area contributed by atoms with E-state index in [1.54, 1.807) is 0 Å². The van der Waals surface area contributed by atoms with Crippen LogP contribution in [0.25, 0.3) is 0 Å². The zero-order chi connectivity index (χ0) is 9.68. The number of hydrogen-bond donors (Lipinski definition) is 1. The lowest BCUT2D eigenvalue weighted by atomic mass is 9.92. The van der Waals surface area contributed by atoms with Crippen molar-refractivity contribution < 1.29 is 0 Å². The quantitative estimate of drug-likeness (QED) is 0.677.